The van der Waals surface area contributed by atoms with Gasteiger partial charge in [0.2, 0.25) is 11.3 Å². The van der Waals surface area contributed by atoms with Crippen LogP contribution in [-0.2, 0) is 0 Å². The standard InChI is InChI=1S/C26H21F2N3O4.CH3F/c27-16-6-9-21(28)23(12-16)31-14-20(26(33)34)25(32)19-8-7-17(13-22(19)31)30-11-3-4-18(30)15-35-24-5-1-2-10-29-24;1-2/h1-2,5-10,12-14,18H,3-4,11,15H2,(H,33,34);1H3. The summed E-state index contributed by atoms with van der Waals surface area (Å²) in [5.74, 6) is -2.36. The maximum absolute atomic E-state index is 14.7. The van der Waals surface area contributed by atoms with Crippen molar-refractivity contribution in [2.45, 2.75) is 18.9 Å². The van der Waals surface area contributed by atoms with E-state index in [1.807, 2.05) is 6.07 Å². The SMILES string of the molecule is CF.O=C(O)c1cn(-c2cc(F)ccc2F)c2cc(N3CCCC3COc3ccccn3)ccc2c1=O. The van der Waals surface area contributed by atoms with Crippen LogP contribution in [0.3, 0.4) is 0 Å². The third-order valence-electron chi connectivity index (χ3n) is 6.16. The zero-order chi connectivity index (χ0) is 26.5. The van der Waals surface area contributed by atoms with E-state index in [1.165, 1.54) is 10.6 Å². The first kappa shape index (κ1) is 25.7. The van der Waals surface area contributed by atoms with Crippen LogP contribution in [0.5, 0.6) is 5.88 Å². The van der Waals surface area contributed by atoms with Crippen LogP contribution in [0.4, 0.5) is 18.9 Å². The molecule has 2 aromatic heterocycles. The van der Waals surface area contributed by atoms with E-state index in [0.717, 1.165) is 49.5 Å². The van der Waals surface area contributed by atoms with Gasteiger partial charge < -0.3 is 19.3 Å². The second-order valence-corrected chi connectivity index (χ2v) is 8.31. The van der Waals surface area contributed by atoms with Crippen molar-refractivity contribution >= 4 is 22.6 Å². The minimum atomic E-state index is -1.45. The summed E-state index contributed by atoms with van der Waals surface area (Å²) in [5, 5.41) is 9.62. The van der Waals surface area contributed by atoms with Crippen LogP contribution in [-0.4, -0.2) is 47.0 Å². The molecule has 1 aliphatic rings. The molecule has 0 aliphatic carbocycles. The Bertz CT molecular complexity index is 1480. The van der Waals surface area contributed by atoms with Gasteiger partial charge in [0.05, 0.1) is 24.4 Å². The number of nitrogens with zero attached hydrogens (tertiary/aromatic N) is 3. The van der Waals surface area contributed by atoms with Gasteiger partial charge in [0.1, 0.15) is 23.8 Å². The van der Waals surface area contributed by atoms with E-state index in [1.54, 1.807) is 30.5 Å². The highest BCUT2D eigenvalue weighted by atomic mass is 19.1. The molecule has 1 saturated heterocycles. The number of pyridine rings is 2. The molecule has 4 aromatic rings. The van der Waals surface area contributed by atoms with Crippen molar-refractivity contribution in [1.82, 2.24) is 9.55 Å². The Balaban J connectivity index is 0.00000156. The minimum absolute atomic E-state index is 0.0406. The largest absolute Gasteiger partial charge is 0.477 e. The Morgan fingerprint density at radius 1 is 1.14 bits per heavy atom. The summed E-state index contributed by atoms with van der Waals surface area (Å²) in [7, 11) is 0.500. The number of hydrogen-bond donors (Lipinski definition) is 1. The number of benzene rings is 2. The monoisotopic (exact) mass is 511 g/mol. The lowest BCUT2D eigenvalue weighted by atomic mass is 10.1. The number of hydrogen-bond acceptors (Lipinski definition) is 5. The van der Waals surface area contributed by atoms with Crippen LogP contribution in [0.1, 0.15) is 23.2 Å². The first-order valence-electron chi connectivity index (χ1n) is 11.5. The quantitative estimate of drug-likeness (QED) is 0.393. The molecule has 1 N–H and O–H groups in total. The number of anilines is 1. The molecule has 37 heavy (non-hydrogen) atoms. The lowest BCUT2D eigenvalue weighted by Gasteiger charge is -2.27. The zero-order valence-electron chi connectivity index (χ0n) is 19.9. The third-order valence-corrected chi connectivity index (χ3v) is 6.16. The highest BCUT2D eigenvalue weighted by molar-refractivity contribution is 5.94. The maximum Gasteiger partial charge on any atom is 0.341 e. The Morgan fingerprint density at radius 3 is 2.68 bits per heavy atom. The van der Waals surface area contributed by atoms with E-state index in [4.69, 9.17) is 4.74 Å². The molecule has 2 aromatic carbocycles. The molecule has 0 saturated carbocycles. The molecular formula is C27H24F3N3O4. The number of alkyl halides is 1. The number of halogens is 3. The summed E-state index contributed by atoms with van der Waals surface area (Å²) in [6.45, 7) is 1.14. The van der Waals surface area contributed by atoms with Gasteiger partial charge in [-0.3, -0.25) is 9.18 Å². The minimum Gasteiger partial charge on any atom is -0.477 e. The number of ether oxygens (including phenoxy) is 1. The van der Waals surface area contributed by atoms with Crippen LogP contribution < -0.4 is 15.1 Å². The van der Waals surface area contributed by atoms with Crippen molar-refractivity contribution in [3.05, 3.63) is 94.4 Å². The first-order chi connectivity index (χ1) is 17.9. The lowest BCUT2D eigenvalue weighted by Crippen LogP contribution is -2.34. The molecule has 1 aliphatic heterocycles. The Labute approximate surface area is 210 Å². The van der Waals surface area contributed by atoms with Gasteiger partial charge in [-0.1, -0.05) is 6.07 Å². The molecule has 1 atom stereocenters. The molecule has 1 fully saturated rings. The average molecular weight is 512 g/mol. The molecule has 192 valence electrons. The van der Waals surface area contributed by atoms with Gasteiger partial charge in [0.15, 0.2) is 0 Å². The van der Waals surface area contributed by atoms with Crippen molar-refractivity contribution in [3.8, 4) is 11.6 Å². The summed E-state index contributed by atoms with van der Waals surface area (Å²) >= 11 is 0. The molecular weight excluding hydrogens is 487 g/mol. The van der Waals surface area contributed by atoms with Crippen LogP contribution in [0, 0.1) is 11.6 Å². The topological polar surface area (TPSA) is 84.7 Å². The van der Waals surface area contributed by atoms with Gasteiger partial charge >= 0.3 is 5.97 Å². The van der Waals surface area contributed by atoms with E-state index >= 15 is 0 Å². The molecule has 0 amide bonds. The fourth-order valence-corrected chi connectivity index (χ4v) is 4.48. The second-order valence-electron chi connectivity index (χ2n) is 8.31. The molecule has 0 spiro atoms. The van der Waals surface area contributed by atoms with Gasteiger partial charge in [-0.2, -0.15) is 0 Å². The van der Waals surface area contributed by atoms with Gasteiger partial charge in [0.25, 0.3) is 0 Å². The predicted molar refractivity (Wildman–Crippen MR) is 134 cm³/mol. The van der Waals surface area contributed by atoms with Gasteiger partial charge in [-0.25, -0.2) is 18.6 Å². The third kappa shape index (κ3) is 5.28. The molecule has 5 rings (SSSR count). The van der Waals surface area contributed by atoms with Gasteiger partial charge in [0, 0.05) is 42.1 Å². The maximum atomic E-state index is 14.7. The summed E-state index contributed by atoms with van der Waals surface area (Å²) in [6, 6.07) is 13.3. The molecule has 3 heterocycles. The Morgan fingerprint density at radius 2 is 1.95 bits per heavy atom. The smallest absolute Gasteiger partial charge is 0.341 e. The van der Waals surface area contributed by atoms with Gasteiger partial charge in [-0.15, -0.1) is 0 Å². The number of carboxylic acids is 1. The van der Waals surface area contributed by atoms with Crippen LogP contribution in [0.2, 0.25) is 0 Å². The highest BCUT2D eigenvalue weighted by Gasteiger charge is 2.27. The normalized spacial score (nSPS) is 14.8. The number of rotatable bonds is 6. The van der Waals surface area contributed by atoms with Crippen LogP contribution >= 0.6 is 0 Å². The van der Waals surface area contributed by atoms with Crippen molar-refractivity contribution in [1.29, 1.82) is 0 Å². The van der Waals surface area contributed by atoms with Crippen molar-refractivity contribution in [2.24, 2.45) is 0 Å². The molecule has 0 radical (unpaired) electrons. The van der Waals surface area contributed by atoms with Crippen molar-refractivity contribution < 1.29 is 27.8 Å². The van der Waals surface area contributed by atoms with Crippen LogP contribution in [0.15, 0.2) is 71.8 Å². The van der Waals surface area contributed by atoms with Crippen molar-refractivity contribution in [3.63, 3.8) is 0 Å². The lowest BCUT2D eigenvalue weighted by molar-refractivity contribution is 0.0695. The predicted octanol–water partition coefficient (Wildman–Crippen LogP) is 5.00. The van der Waals surface area contributed by atoms with Gasteiger partial charge in [-0.05, 0) is 49.2 Å². The fraction of sp³-hybridized carbons (Fsp3) is 0.222. The Kier molecular flexibility index (Phi) is 7.76. The summed E-state index contributed by atoms with van der Waals surface area (Å²) in [4.78, 5) is 30.9. The number of aromatic nitrogens is 2. The summed E-state index contributed by atoms with van der Waals surface area (Å²) < 4.78 is 45.3. The number of carbonyl (C=O) groups is 1. The molecule has 0 bridgehead atoms. The molecule has 10 heteroatoms. The van der Waals surface area contributed by atoms with E-state index in [-0.39, 0.29) is 22.6 Å². The number of fused-ring (bicyclic) bond motifs is 1. The number of aromatic carboxylic acids is 1. The van der Waals surface area contributed by atoms with E-state index in [0.29, 0.717) is 19.7 Å². The van der Waals surface area contributed by atoms with E-state index in [2.05, 4.69) is 9.88 Å². The molecule has 7 nitrogen and oxygen atoms in total. The zero-order valence-corrected chi connectivity index (χ0v) is 19.9. The second kappa shape index (κ2) is 11.2. The first-order valence-corrected chi connectivity index (χ1v) is 11.5. The summed E-state index contributed by atoms with van der Waals surface area (Å²) in [5.41, 5.74) is -0.373. The van der Waals surface area contributed by atoms with E-state index in [9.17, 15) is 27.9 Å². The fourth-order valence-electron chi connectivity index (χ4n) is 4.48. The Hall–Kier alpha value is -4.34. The molecule has 1 unspecified atom stereocenters. The van der Waals surface area contributed by atoms with Crippen LogP contribution in [0.25, 0.3) is 16.6 Å². The highest BCUT2D eigenvalue weighted by Crippen LogP contribution is 2.30. The summed E-state index contributed by atoms with van der Waals surface area (Å²) in [6.07, 6.45) is 4.51. The van der Waals surface area contributed by atoms with E-state index < -0.39 is 28.6 Å². The van der Waals surface area contributed by atoms with Crippen molar-refractivity contribution in [2.75, 3.05) is 25.2 Å². The number of carboxylic acid groups (broad SMARTS) is 1. The average Bonchev–Trinajstić information content (AvgIpc) is 3.39.